The molecule has 24 heavy (non-hydrogen) atoms. The van der Waals surface area contributed by atoms with E-state index in [0.717, 1.165) is 33.5 Å². The number of carbonyl (C=O) groups excluding carboxylic acids is 4. The Kier molecular flexibility index (Phi) is 7.03. The molecule has 0 aliphatic carbocycles. The molecule has 0 fully saturated rings. The Morgan fingerprint density at radius 1 is 0.917 bits per heavy atom. The molecule has 0 amide bonds. The lowest BCUT2D eigenvalue weighted by molar-refractivity contribution is -0.161. The lowest BCUT2D eigenvalue weighted by Crippen LogP contribution is -2.34. The van der Waals surface area contributed by atoms with E-state index in [2.05, 4.69) is 14.2 Å². The molecule has 0 aliphatic heterocycles. The number of benzene rings is 1. The molecule has 130 valence electrons. The van der Waals surface area contributed by atoms with Gasteiger partial charge in [-0.3, -0.25) is 14.4 Å². The number of hydrogen-bond acceptors (Lipinski definition) is 7. The minimum atomic E-state index is -1.49. The third-order valence-corrected chi connectivity index (χ3v) is 3.43. The topological polar surface area (TPSA) is 96.0 Å². The Bertz CT molecular complexity index is 608. The van der Waals surface area contributed by atoms with E-state index in [1.807, 2.05) is 0 Å². The fourth-order valence-electron chi connectivity index (χ4n) is 2.21. The number of halogens is 1. The van der Waals surface area contributed by atoms with Gasteiger partial charge in [0, 0.05) is 12.3 Å². The molecule has 1 unspecified atom stereocenters. The van der Waals surface area contributed by atoms with Crippen molar-refractivity contribution in [3.63, 3.8) is 0 Å². The molecule has 0 aliphatic rings. The number of esters is 3. The van der Waals surface area contributed by atoms with Crippen LogP contribution < -0.4 is 0 Å². The largest absolute Gasteiger partial charge is 0.468 e. The molecular weight excluding hydrogens is 323 g/mol. The number of Topliss-reactive ketones (excluding diaryl/α,β-unsaturated/α-hetero) is 1. The van der Waals surface area contributed by atoms with Gasteiger partial charge < -0.3 is 14.2 Å². The second-order valence-corrected chi connectivity index (χ2v) is 4.80. The summed E-state index contributed by atoms with van der Waals surface area (Å²) in [5.41, 5.74) is 0.300. The Labute approximate surface area is 137 Å². The molecule has 0 aromatic heterocycles. The van der Waals surface area contributed by atoms with Crippen molar-refractivity contribution >= 4 is 23.7 Å². The van der Waals surface area contributed by atoms with Crippen molar-refractivity contribution in [2.45, 2.75) is 12.3 Å². The van der Waals surface area contributed by atoms with Crippen molar-refractivity contribution in [1.82, 2.24) is 0 Å². The van der Waals surface area contributed by atoms with Crippen molar-refractivity contribution in [2.75, 3.05) is 21.3 Å². The number of hydrogen-bond donors (Lipinski definition) is 0. The maximum atomic E-state index is 13.1. The van der Waals surface area contributed by atoms with Crippen LogP contribution in [0.15, 0.2) is 24.3 Å². The summed E-state index contributed by atoms with van der Waals surface area (Å²) in [6, 6.07) is 4.83. The lowest BCUT2D eigenvalue weighted by Gasteiger charge is -2.23. The summed E-state index contributed by atoms with van der Waals surface area (Å²) in [7, 11) is 3.18. The predicted molar refractivity (Wildman–Crippen MR) is 78.3 cm³/mol. The predicted octanol–water partition coefficient (Wildman–Crippen LogP) is 1.00. The molecule has 1 rings (SSSR count). The number of rotatable bonds is 7. The van der Waals surface area contributed by atoms with Crippen molar-refractivity contribution in [1.29, 1.82) is 0 Å². The molecule has 0 saturated heterocycles. The second kappa shape index (κ2) is 8.76. The van der Waals surface area contributed by atoms with Gasteiger partial charge in [0.1, 0.15) is 5.82 Å². The van der Waals surface area contributed by atoms with E-state index in [9.17, 15) is 23.6 Å². The summed E-state index contributed by atoms with van der Waals surface area (Å²) < 4.78 is 26.6. The van der Waals surface area contributed by atoms with E-state index in [0.29, 0.717) is 5.56 Å². The van der Waals surface area contributed by atoms with E-state index >= 15 is 0 Å². The van der Waals surface area contributed by atoms with Gasteiger partial charge in [-0.2, -0.15) is 0 Å². The molecule has 0 N–H and O–H groups in total. The highest BCUT2D eigenvalue weighted by atomic mass is 19.1. The summed E-state index contributed by atoms with van der Waals surface area (Å²) in [4.78, 5) is 47.2. The van der Waals surface area contributed by atoms with Gasteiger partial charge in [0.15, 0.2) is 5.92 Å². The van der Waals surface area contributed by atoms with E-state index < -0.39 is 47.8 Å². The molecule has 1 aromatic rings. The van der Waals surface area contributed by atoms with Crippen molar-refractivity contribution in [3.8, 4) is 0 Å². The fourth-order valence-corrected chi connectivity index (χ4v) is 2.21. The molecule has 1 atom stereocenters. The summed E-state index contributed by atoms with van der Waals surface area (Å²) in [5.74, 6) is -7.02. The highest BCUT2D eigenvalue weighted by Gasteiger charge is 2.40. The average Bonchev–Trinajstić information content (AvgIpc) is 2.60. The fraction of sp³-hybridized carbons (Fsp3) is 0.375. The first-order valence-electron chi connectivity index (χ1n) is 6.88. The van der Waals surface area contributed by atoms with Gasteiger partial charge in [0.05, 0.1) is 21.3 Å². The SMILES string of the molecule is COC(=O)C(=O)CC(c1ccc(F)cc1)C(C(=O)OC)C(=O)OC. The van der Waals surface area contributed by atoms with Gasteiger partial charge in [0.25, 0.3) is 0 Å². The molecule has 7 nitrogen and oxygen atoms in total. The third kappa shape index (κ3) is 4.61. The van der Waals surface area contributed by atoms with Crippen LogP contribution in [-0.4, -0.2) is 45.0 Å². The van der Waals surface area contributed by atoms with Crippen molar-refractivity contribution in [3.05, 3.63) is 35.6 Å². The standard InChI is InChI=1S/C16H17FO7/c1-22-14(19)12(18)8-11(9-4-6-10(17)7-5-9)13(15(20)23-2)16(21)24-3/h4-7,11,13H,8H2,1-3H3. The minimum absolute atomic E-state index is 0.300. The smallest absolute Gasteiger partial charge is 0.374 e. The molecule has 0 heterocycles. The second-order valence-electron chi connectivity index (χ2n) is 4.80. The normalized spacial score (nSPS) is 11.5. The van der Waals surface area contributed by atoms with E-state index in [4.69, 9.17) is 0 Å². The van der Waals surface area contributed by atoms with E-state index in [1.54, 1.807) is 0 Å². The summed E-state index contributed by atoms with van der Waals surface area (Å²) in [5, 5.41) is 0. The summed E-state index contributed by atoms with van der Waals surface area (Å²) in [6.45, 7) is 0. The first kappa shape index (κ1) is 19.3. The van der Waals surface area contributed by atoms with E-state index in [-0.39, 0.29) is 0 Å². The molecule has 0 bridgehead atoms. The van der Waals surface area contributed by atoms with Crippen LogP contribution in [-0.2, 0) is 33.4 Å². The Hall–Kier alpha value is -2.77. The Balaban J connectivity index is 3.30. The first-order valence-corrected chi connectivity index (χ1v) is 6.88. The van der Waals surface area contributed by atoms with Crippen molar-refractivity contribution in [2.24, 2.45) is 5.92 Å². The zero-order valence-electron chi connectivity index (χ0n) is 13.4. The van der Waals surface area contributed by atoms with Gasteiger partial charge in [0.2, 0.25) is 5.78 Å². The van der Waals surface area contributed by atoms with Gasteiger partial charge in [-0.15, -0.1) is 0 Å². The molecular formula is C16H17FO7. The van der Waals surface area contributed by atoms with Crippen molar-refractivity contribution < 1.29 is 37.8 Å². The van der Waals surface area contributed by atoms with E-state index in [1.165, 1.54) is 12.1 Å². The maximum Gasteiger partial charge on any atom is 0.374 e. The third-order valence-electron chi connectivity index (χ3n) is 3.43. The first-order chi connectivity index (χ1) is 11.3. The Morgan fingerprint density at radius 3 is 1.83 bits per heavy atom. The Morgan fingerprint density at radius 2 is 1.42 bits per heavy atom. The van der Waals surface area contributed by atoms with Gasteiger partial charge in [-0.25, -0.2) is 9.18 Å². The highest BCUT2D eigenvalue weighted by Crippen LogP contribution is 2.31. The molecule has 1 aromatic carbocycles. The summed E-state index contributed by atoms with van der Waals surface area (Å²) >= 11 is 0. The molecule has 0 spiro atoms. The van der Waals surface area contributed by atoms with Gasteiger partial charge in [-0.1, -0.05) is 12.1 Å². The quantitative estimate of drug-likeness (QED) is 0.316. The molecule has 0 radical (unpaired) electrons. The average molecular weight is 340 g/mol. The van der Waals surface area contributed by atoms with Gasteiger partial charge >= 0.3 is 17.9 Å². The molecule has 8 heteroatoms. The number of ether oxygens (including phenoxy) is 3. The number of methoxy groups -OCH3 is 3. The summed E-state index contributed by atoms with van der Waals surface area (Å²) in [6.07, 6.45) is -0.507. The monoisotopic (exact) mass is 340 g/mol. The van der Waals surface area contributed by atoms with Crippen LogP contribution >= 0.6 is 0 Å². The van der Waals surface area contributed by atoms with Gasteiger partial charge in [-0.05, 0) is 17.7 Å². The lowest BCUT2D eigenvalue weighted by atomic mass is 9.82. The highest BCUT2D eigenvalue weighted by molar-refractivity contribution is 6.33. The number of ketones is 1. The van der Waals surface area contributed by atoms with Crippen LogP contribution in [0.25, 0.3) is 0 Å². The molecule has 0 saturated carbocycles. The van der Waals surface area contributed by atoms with Crippen LogP contribution in [0.2, 0.25) is 0 Å². The zero-order valence-corrected chi connectivity index (χ0v) is 13.4. The van der Waals surface area contributed by atoms with Crippen LogP contribution in [0.4, 0.5) is 4.39 Å². The number of carbonyl (C=O) groups is 4. The zero-order chi connectivity index (χ0) is 18.3. The van der Waals surface area contributed by atoms with Crippen LogP contribution in [0, 0.1) is 11.7 Å². The maximum absolute atomic E-state index is 13.1. The van der Waals surface area contributed by atoms with Crippen LogP contribution in [0.1, 0.15) is 17.9 Å². The van der Waals surface area contributed by atoms with Crippen LogP contribution in [0.5, 0.6) is 0 Å². The minimum Gasteiger partial charge on any atom is -0.468 e. The van der Waals surface area contributed by atoms with Crippen LogP contribution in [0.3, 0.4) is 0 Å².